The number of rotatable bonds is 9. The normalized spacial score (nSPS) is 20.7. The van der Waals surface area contributed by atoms with Gasteiger partial charge >= 0.3 is 0 Å². The van der Waals surface area contributed by atoms with Gasteiger partial charge in [-0.2, -0.15) is 0 Å². The van der Waals surface area contributed by atoms with Gasteiger partial charge in [0.05, 0.1) is 5.60 Å². The van der Waals surface area contributed by atoms with Gasteiger partial charge in [0, 0.05) is 12.6 Å². The molecule has 2 nitrogen and oxygen atoms in total. The van der Waals surface area contributed by atoms with Crippen LogP contribution >= 0.6 is 0 Å². The van der Waals surface area contributed by atoms with Gasteiger partial charge in [0.1, 0.15) is 0 Å². The van der Waals surface area contributed by atoms with E-state index >= 15 is 0 Å². The Morgan fingerprint density at radius 1 is 1.21 bits per heavy atom. The van der Waals surface area contributed by atoms with Crippen molar-refractivity contribution in [1.82, 2.24) is 5.32 Å². The highest BCUT2D eigenvalue weighted by Gasteiger charge is 2.38. The molecule has 1 atom stereocenters. The monoisotopic (exact) mass is 267 g/mol. The fourth-order valence-corrected chi connectivity index (χ4v) is 3.36. The zero-order valence-corrected chi connectivity index (χ0v) is 13.0. The lowest BCUT2D eigenvalue weighted by Crippen LogP contribution is -2.52. The van der Waals surface area contributed by atoms with Gasteiger partial charge in [0.25, 0.3) is 0 Å². The summed E-state index contributed by atoms with van der Waals surface area (Å²) in [4.78, 5) is 0. The fraction of sp³-hybridized carbons (Fsp3) is 0.882. The minimum atomic E-state index is 0.0728. The van der Waals surface area contributed by atoms with Crippen LogP contribution in [0, 0.1) is 0 Å². The standard InChI is InChI=1S/C17H33NO/c1-4-7-12-16(18-15-5-2)17(19-6-3)13-10-8-9-11-14-17/h4,16,18H,1,5-15H2,2-3H3. The molecule has 0 radical (unpaired) electrons. The second-order valence-corrected chi connectivity index (χ2v) is 5.78. The molecule has 1 N–H and O–H groups in total. The van der Waals surface area contributed by atoms with E-state index < -0.39 is 0 Å². The van der Waals surface area contributed by atoms with Crippen LogP contribution in [0.25, 0.3) is 0 Å². The van der Waals surface area contributed by atoms with Gasteiger partial charge in [-0.3, -0.25) is 0 Å². The summed E-state index contributed by atoms with van der Waals surface area (Å²) in [5.74, 6) is 0. The second-order valence-electron chi connectivity index (χ2n) is 5.78. The Morgan fingerprint density at radius 2 is 1.89 bits per heavy atom. The highest BCUT2D eigenvalue weighted by atomic mass is 16.5. The fourth-order valence-electron chi connectivity index (χ4n) is 3.36. The Morgan fingerprint density at radius 3 is 2.42 bits per heavy atom. The minimum absolute atomic E-state index is 0.0728. The van der Waals surface area contributed by atoms with Gasteiger partial charge in [-0.05, 0) is 45.6 Å². The molecule has 0 aliphatic heterocycles. The summed E-state index contributed by atoms with van der Waals surface area (Å²) in [5.41, 5.74) is 0.0728. The van der Waals surface area contributed by atoms with Crippen LogP contribution in [0.2, 0.25) is 0 Å². The molecule has 0 aromatic heterocycles. The van der Waals surface area contributed by atoms with E-state index in [1.54, 1.807) is 0 Å². The highest BCUT2D eigenvalue weighted by molar-refractivity contribution is 4.95. The molecule has 0 spiro atoms. The maximum Gasteiger partial charge on any atom is 0.0834 e. The maximum atomic E-state index is 6.31. The van der Waals surface area contributed by atoms with E-state index in [0.29, 0.717) is 6.04 Å². The summed E-state index contributed by atoms with van der Waals surface area (Å²) in [7, 11) is 0. The summed E-state index contributed by atoms with van der Waals surface area (Å²) >= 11 is 0. The first-order valence-corrected chi connectivity index (χ1v) is 8.27. The summed E-state index contributed by atoms with van der Waals surface area (Å²) in [6, 6.07) is 0.489. The molecule has 112 valence electrons. The molecule has 0 amide bonds. The minimum Gasteiger partial charge on any atom is -0.374 e. The molecular weight excluding hydrogens is 234 g/mol. The molecule has 0 aromatic rings. The number of allylic oxidation sites excluding steroid dienone is 1. The zero-order valence-electron chi connectivity index (χ0n) is 13.0. The molecule has 0 aromatic carbocycles. The molecular formula is C17H33NO. The van der Waals surface area contributed by atoms with Crippen LogP contribution in [-0.2, 0) is 4.74 Å². The number of hydrogen-bond donors (Lipinski definition) is 1. The lowest BCUT2D eigenvalue weighted by atomic mass is 9.83. The third-order valence-corrected chi connectivity index (χ3v) is 4.32. The number of nitrogens with one attached hydrogen (secondary N) is 1. The van der Waals surface area contributed by atoms with E-state index in [-0.39, 0.29) is 5.60 Å². The summed E-state index contributed by atoms with van der Waals surface area (Å²) in [6.07, 6.45) is 13.3. The lowest BCUT2D eigenvalue weighted by molar-refractivity contribution is -0.0783. The first-order valence-electron chi connectivity index (χ1n) is 8.27. The van der Waals surface area contributed by atoms with Crippen molar-refractivity contribution >= 4 is 0 Å². The van der Waals surface area contributed by atoms with Gasteiger partial charge in [-0.25, -0.2) is 0 Å². The molecule has 1 unspecified atom stereocenters. The topological polar surface area (TPSA) is 21.3 Å². The largest absolute Gasteiger partial charge is 0.374 e. The van der Waals surface area contributed by atoms with Gasteiger partial charge in [-0.1, -0.05) is 38.7 Å². The van der Waals surface area contributed by atoms with E-state index in [9.17, 15) is 0 Å². The van der Waals surface area contributed by atoms with Crippen LogP contribution in [-0.4, -0.2) is 24.8 Å². The number of ether oxygens (including phenoxy) is 1. The van der Waals surface area contributed by atoms with E-state index in [2.05, 4.69) is 25.7 Å². The average molecular weight is 267 g/mol. The van der Waals surface area contributed by atoms with Gasteiger partial charge < -0.3 is 10.1 Å². The van der Waals surface area contributed by atoms with Crippen LogP contribution in [0.1, 0.15) is 71.6 Å². The van der Waals surface area contributed by atoms with Crippen molar-refractivity contribution < 1.29 is 4.74 Å². The van der Waals surface area contributed by atoms with Crippen molar-refractivity contribution in [3.05, 3.63) is 12.7 Å². The molecule has 1 fully saturated rings. The van der Waals surface area contributed by atoms with E-state index in [1.807, 2.05) is 6.08 Å². The summed E-state index contributed by atoms with van der Waals surface area (Å²) in [5, 5.41) is 3.75. The Hall–Kier alpha value is -0.340. The Balaban J connectivity index is 2.77. The van der Waals surface area contributed by atoms with Gasteiger partial charge in [-0.15, -0.1) is 6.58 Å². The zero-order chi connectivity index (χ0) is 14.0. The first-order chi connectivity index (χ1) is 9.29. The molecule has 0 saturated heterocycles. The molecule has 0 heterocycles. The van der Waals surface area contributed by atoms with Crippen molar-refractivity contribution in [2.45, 2.75) is 83.3 Å². The molecule has 1 aliphatic rings. The van der Waals surface area contributed by atoms with Gasteiger partial charge in [0.2, 0.25) is 0 Å². The van der Waals surface area contributed by atoms with Crippen molar-refractivity contribution in [2.24, 2.45) is 0 Å². The number of hydrogen-bond acceptors (Lipinski definition) is 2. The molecule has 19 heavy (non-hydrogen) atoms. The lowest BCUT2D eigenvalue weighted by Gasteiger charge is -2.41. The van der Waals surface area contributed by atoms with Crippen molar-refractivity contribution in [2.75, 3.05) is 13.2 Å². The smallest absolute Gasteiger partial charge is 0.0834 e. The SMILES string of the molecule is C=CCCC(NCCC)C1(OCC)CCCCCC1. The Labute approximate surface area is 120 Å². The van der Waals surface area contributed by atoms with Gasteiger partial charge in [0.15, 0.2) is 0 Å². The first kappa shape index (κ1) is 16.7. The highest BCUT2D eigenvalue weighted by Crippen LogP contribution is 2.35. The van der Waals surface area contributed by atoms with E-state index in [0.717, 1.165) is 26.0 Å². The molecule has 1 saturated carbocycles. The summed E-state index contributed by atoms with van der Waals surface area (Å²) < 4.78 is 6.31. The van der Waals surface area contributed by atoms with Crippen LogP contribution in [0.15, 0.2) is 12.7 Å². The molecule has 1 aliphatic carbocycles. The quantitative estimate of drug-likeness (QED) is 0.492. The van der Waals surface area contributed by atoms with E-state index in [1.165, 1.54) is 44.9 Å². The van der Waals surface area contributed by atoms with Crippen LogP contribution in [0.4, 0.5) is 0 Å². The van der Waals surface area contributed by atoms with E-state index in [4.69, 9.17) is 4.74 Å². The van der Waals surface area contributed by atoms with Crippen molar-refractivity contribution in [3.63, 3.8) is 0 Å². The third-order valence-electron chi connectivity index (χ3n) is 4.32. The molecule has 0 bridgehead atoms. The Bertz CT molecular complexity index is 231. The maximum absolute atomic E-state index is 6.31. The predicted octanol–water partition coefficient (Wildman–Crippen LogP) is 4.45. The third kappa shape index (κ3) is 5.27. The average Bonchev–Trinajstić information content (AvgIpc) is 2.66. The molecule has 2 heteroatoms. The van der Waals surface area contributed by atoms with Crippen molar-refractivity contribution in [3.8, 4) is 0 Å². The Kier molecular flexibility index (Phi) is 8.40. The van der Waals surface area contributed by atoms with Crippen LogP contribution in [0.5, 0.6) is 0 Å². The van der Waals surface area contributed by atoms with Crippen molar-refractivity contribution in [1.29, 1.82) is 0 Å². The molecule has 1 rings (SSSR count). The second kappa shape index (κ2) is 9.55. The van der Waals surface area contributed by atoms with Crippen LogP contribution in [0.3, 0.4) is 0 Å². The van der Waals surface area contributed by atoms with Crippen LogP contribution < -0.4 is 5.32 Å². The predicted molar refractivity (Wildman–Crippen MR) is 83.6 cm³/mol. The summed E-state index contributed by atoms with van der Waals surface area (Å²) in [6.45, 7) is 10.2.